The van der Waals surface area contributed by atoms with Gasteiger partial charge in [0.2, 0.25) is 0 Å². The summed E-state index contributed by atoms with van der Waals surface area (Å²) in [5, 5.41) is 10.6. The van der Waals surface area contributed by atoms with Gasteiger partial charge in [-0.2, -0.15) is 0 Å². The molecule has 0 bridgehead atoms. The van der Waals surface area contributed by atoms with Gasteiger partial charge in [-0.15, -0.1) is 0 Å². The molecule has 0 aliphatic heterocycles. The van der Waals surface area contributed by atoms with Crippen molar-refractivity contribution in [2.45, 2.75) is 24.6 Å². The molecule has 1 atom stereocenters. The molecule has 0 spiro atoms. The average Bonchev–Trinajstić information content (AvgIpc) is 2.72. The third kappa shape index (κ3) is 3.95. The van der Waals surface area contributed by atoms with Crippen LogP contribution >= 0.6 is 0 Å². The van der Waals surface area contributed by atoms with Crippen LogP contribution < -0.4 is 10.3 Å². The average molecular weight is 429 g/mol. The van der Waals surface area contributed by atoms with Gasteiger partial charge in [-0.05, 0) is 60.2 Å². The van der Waals surface area contributed by atoms with Crippen molar-refractivity contribution in [3.05, 3.63) is 65.1 Å². The number of aryl methyl sites for hydroxylation is 1. The van der Waals surface area contributed by atoms with Gasteiger partial charge in [-0.25, -0.2) is 8.42 Å². The SMILES string of the molecule is COc1ccc(-c2ccc3c(=O)n(CCC(C)(C(=O)O)S(C)(=O)=O)ccc3c2)cc1. The number of carboxylic acid groups (broad SMARTS) is 1. The molecule has 0 aliphatic rings. The van der Waals surface area contributed by atoms with Gasteiger partial charge in [0.1, 0.15) is 5.75 Å². The van der Waals surface area contributed by atoms with E-state index >= 15 is 0 Å². The van der Waals surface area contributed by atoms with Crippen LogP contribution in [-0.2, 0) is 21.2 Å². The number of carboxylic acids is 1. The van der Waals surface area contributed by atoms with Gasteiger partial charge in [-0.3, -0.25) is 9.59 Å². The number of benzene rings is 2. The van der Waals surface area contributed by atoms with E-state index < -0.39 is 20.6 Å². The molecule has 0 saturated carbocycles. The molecule has 7 nitrogen and oxygen atoms in total. The molecule has 0 saturated heterocycles. The lowest BCUT2D eigenvalue weighted by Crippen LogP contribution is -2.44. The summed E-state index contributed by atoms with van der Waals surface area (Å²) in [6.07, 6.45) is 2.24. The number of hydrogen-bond acceptors (Lipinski definition) is 5. The molecule has 3 rings (SSSR count). The Hall–Kier alpha value is -3.13. The maximum absolute atomic E-state index is 12.8. The van der Waals surface area contributed by atoms with E-state index in [4.69, 9.17) is 4.74 Å². The smallest absolute Gasteiger partial charge is 0.324 e. The lowest BCUT2D eigenvalue weighted by atomic mass is 10.0. The number of ether oxygens (including phenoxy) is 1. The molecule has 3 aromatic rings. The fourth-order valence-corrected chi connectivity index (χ4v) is 3.99. The van der Waals surface area contributed by atoms with Crippen molar-refractivity contribution in [1.82, 2.24) is 4.57 Å². The number of rotatable bonds is 7. The van der Waals surface area contributed by atoms with Crippen molar-refractivity contribution in [2.24, 2.45) is 0 Å². The summed E-state index contributed by atoms with van der Waals surface area (Å²) >= 11 is 0. The molecular formula is C22H23NO6S. The third-order valence-electron chi connectivity index (χ3n) is 5.50. The summed E-state index contributed by atoms with van der Waals surface area (Å²) in [7, 11) is -2.25. The van der Waals surface area contributed by atoms with Crippen molar-refractivity contribution in [2.75, 3.05) is 13.4 Å². The molecule has 30 heavy (non-hydrogen) atoms. The fourth-order valence-electron chi connectivity index (χ4n) is 3.21. The fraction of sp³-hybridized carbons (Fsp3) is 0.273. The van der Waals surface area contributed by atoms with Gasteiger partial charge in [-0.1, -0.05) is 18.2 Å². The van der Waals surface area contributed by atoms with E-state index in [9.17, 15) is 23.1 Å². The molecule has 8 heteroatoms. The number of hydrogen-bond donors (Lipinski definition) is 1. The molecule has 2 aromatic carbocycles. The normalized spacial score (nSPS) is 13.7. The highest BCUT2D eigenvalue weighted by Crippen LogP contribution is 2.26. The molecule has 1 N–H and O–H groups in total. The zero-order valence-electron chi connectivity index (χ0n) is 17.0. The molecule has 1 aromatic heterocycles. The summed E-state index contributed by atoms with van der Waals surface area (Å²) in [6, 6.07) is 14.8. The minimum Gasteiger partial charge on any atom is -0.497 e. The minimum atomic E-state index is -3.85. The Morgan fingerprint density at radius 1 is 1.10 bits per heavy atom. The predicted molar refractivity (Wildman–Crippen MR) is 116 cm³/mol. The van der Waals surface area contributed by atoms with Gasteiger partial charge in [0.25, 0.3) is 5.56 Å². The van der Waals surface area contributed by atoms with Crippen molar-refractivity contribution in [3.8, 4) is 16.9 Å². The van der Waals surface area contributed by atoms with Gasteiger partial charge in [0.15, 0.2) is 14.6 Å². The summed E-state index contributed by atoms with van der Waals surface area (Å²) < 4.78 is 28.5. The largest absolute Gasteiger partial charge is 0.497 e. The topological polar surface area (TPSA) is 103 Å². The van der Waals surface area contributed by atoms with E-state index in [0.29, 0.717) is 5.39 Å². The maximum atomic E-state index is 12.8. The molecule has 158 valence electrons. The number of aliphatic carboxylic acids is 1. The third-order valence-corrected chi connectivity index (χ3v) is 7.52. The number of fused-ring (bicyclic) bond motifs is 1. The van der Waals surface area contributed by atoms with Crippen LogP contribution in [0.25, 0.3) is 21.9 Å². The minimum absolute atomic E-state index is 0.0229. The summed E-state index contributed by atoms with van der Waals surface area (Å²) in [5.41, 5.74) is 1.63. The predicted octanol–water partition coefficient (Wildman–Crippen LogP) is 2.96. The van der Waals surface area contributed by atoms with E-state index in [2.05, 4.69) is 0 Å². The first-order chi connectivity index (χ1) is 14.1. The Labute approximate surface area is 174 Å². The number of carbonyl (C=O) groups is 1. The second kappa shape index (κ2) is 7.95. The van der Waals surface area contributed by atoms with E-state index in [1.807, 2.05) is 36.4 Å². The Balaban J connectivity index is 1.93. The van der Waals surface area contributed by atoms with Crippen LogP contribution in [-0.4, -0.2) is 42.2 Å². The summed E-state index contributed by atoms with van der Waals surface area (Å²) in [4.78, 5) is 24.4. The Morgan fingerprint density at radius 2 is 1.73 bits per heavy atom. The second-order valence-electron chi connectivity index (χ2n) is 7.40. The monoisotopic (exact) mass is 429 g/mol. The first-order valence-electron chi connectivity index (χ1n) is 9.27. The van der Waals surface area contributed by atoms with Crippen LogP contribution in [0.1, 0.15) is 13.3 Å². The lowest BCUT2D eigenvalue weighted by Gasteiger charge is -2.23. The first kappa shape index (κ1) is 21.6. The van der Waals surface area contributed by atoms with Gasteiger partial charge < -0.3 is 14.4 Å². The van der Waals surface area contributed by atoms with E-state index in [0.717, 1.165) is 35.4 Å². The number of nitrogens with zero attached hydrogens (tertiary/aromatic N) is 1. The molecule has 0 aliphatic carbocycles. The van der Waals surface area contributed by atoms with Crippen LogP contribution in [0, 0.1) is 0 Å². The van der Waals surface area contributed by atoms with Crippen LogP contribution in [0.5, 0.6) is 5.75 Å². The Bertz CT molecular complexity index is 1260. The van der Waals surface area contributed by atoms with E-state index in [-0.39, 0.29) is 18.5 Å². The van der Waals surface area contributed by atoms with Gasteiger partial charge in [0.05, 0.1) is 7.11 Å². The first-order valence-corrected chi connectivity index (χ1v) is 11.2. The van der Waals surface area contributed by atoms with Crippen molar-refractivity contribution in [3.63, 3.8) is 0 Å². The van der Waals surface area contributed by atoms with Crippen molar-refractivity contribution in [1.29, 1.82) is 0 Å². The van der Waals surface area contributed by atoms with Crippen LogP contribution in [0.3, 0.4) is 0 Å². The molecule has 0 radical (unpaired) electrons. The van der Waals surface area contributed by atoms with Crippen LogP contribution in [0.15, 0.2) is 59.5 Å². The molecule has 1 heterocycles. The maximum Gasteiger partial charge on any atom is 0.324 e. The number of pyridine rings is 1. The molecule has 0 amide bonds. The number of sulfone groups is 1. The van der Waals surface area contributed by atoms with Crippen molar-refractivity contribution >= 4 is 26.6 Å². The van der Waals surface area contributed by atoms with Crippen LogP contribution in [0.2, 0.25) is 0 Å². The second-order valence-corrected chi connectivity index (χ2v) is 9.85. The van der Waals surface area contributed by atoms with E-state index in [1.165, 1.54) is 4.57 Å². The Morgan fingerprint density at radius 3 is 2.30 bits per heavy atom. The molecule has 1 unspecified atom stereocenters. The van der Waals surface area contributed by atoms with Crippen LogP contribution in [0.4, 0.5) is 0 Å². The highest BCUT2D eigenvalue weighted by atomic mass is 32.2. The number of methoxy groups -OCH3 is 1. The molecular weight excluding hydrogens is 406 g/mol. The summed E-state index contributed by atoms with van der Waals surface area (Å²) in [6.45, 7) is 1.14. The zero-order chi connectivity index (χ0) is 22.1. The number of aromatic nitrogens is 1. The quantitative estimate of drug-likeness (QED) is 0.619. The summed E-state index contributed by atoms with van der Waals surface area (Å²) in [5.74, 6) is -0.673. The van der Waals surface area contributed by atoms with Crippen molar-refractivity contribution < 1.29 is 23.1 Å². The highest BCUT2D eigenvalue weighted by Gasteiger charge is 2.43. The van der Waals surface area contributed by atoms with Gasteiger partial charge in [0, 0.05) is 24.4 Å². The Kier molecular flexibility index (Phi) is 5.72. The lowest BCUT2D eigenvalue weighted by molar-refractivity contribution is -0.139. The highest BCUT2D eigenvalue weighted by molar-refractivity contribution is 7.92. The molecule has 0 fully saturated rings. The van der Waals surface area contributed by atoms with Gasteiger partial charge >= 0.3 is 5.97 Å². The zero-order valence-corrected chi connectivity index (χ0v) is 17.8. The standard InChI is InChI=1S/C22H23NO6S/c1-22(21(25)26,30(3,27)28)11-13-23-12-10-17-14-16(6-9-19(17)20(23)24)15-4-7-18(29-2)8-5-15/h4-10,12,14H,11,13H2,1-3H3,(H,25,26). The van der Waals surface area contributed by atoms with E-state index in [1.54, 1.807) is 25.4 Å².